The number of unbranched alkanes of at least 4 members (excludes halogenated alkanes) is 2. The number of hydrogen-bond acceptors (Lipinski definition) is 3. The molecule has 1 aromatic heterocycles. The third-order valence-electron chi connectivity index (χ3n) is 1.58. The van der Waals surface area contributed by atoms with Crippen molar-refractivity contribution in [2.24, 2.45) is 0 Å². The normalized spacial score (nSPS) is 10.2. The molecule has 72 valence electrons. The van der Waals surface area contributed by atoms with Crippen molar-refractivity contribution in [3.63, 3.8) is 0 Å². The zero-order valence-electron chi connectivity index (χ0n) is 7.45. The van der Waals surface area contributed by atoms with Crippen molar-refractivity contribution in [1.29, 1.82) is 0 Å². The average Bonchev–Trinajstić information content (AvgIpc) is 2.19. The van der Waals surface area contributed by atoms with Gasteiger partial charge in [0.1, 0.15) is 6.33 Å². The van der Waals surface area contributed by atoms with Crippen molar-refractivity contribution in [3.05, 3.63) is 18.6 Å². The van der Waals surface area contributed by atoms with Gasteiger partial charge in [0.2, 0.25) is 0 Å². The fourth-order valence-electron chi connectivity index (χ4n) is 0.914. The second-order valence-corrected chi connectivity index (χ2v) is 4.55. The van der Waals surface area contributed by atoms with E-state index in [0.717, 1.165) is 16.1 Å². The van der Waals surface area contributed by atoms with E-state index in [0.29, 0.717) is 0 Å². The Hall–Kier alpha value is -0.0900. The Morgan fingerprint density at radius 3 is 2.92 bits per heavy atom. The van der Waals surface area contributed by atoms with Crippen LogP contribution >= 0.6 is 27.7 Å². The van der Waals surface area contributed by atoms with E-state index in [1.54, 1.807) is 24.3 Å². The van der Waals surface area contributed by atoms with Gasteiger partial charge in [-0.05, 0) is 24.7 Å². The van der Waals surface area contributed by atoms with E-state index in [4.69, 9.17) is 0 Å². The Bertz CT molecular complexity index is 218. The van der Waals surface area contributed by atoms with Gasteiger partial charge >= 0.3 is 0 Å². The van der Waals surface area contributed by atoms with Gasteiger partial charge in [0.05, 0.1) is 5.03 Å². The summed E-state index contributed by atoms with van der Waals surface area (Å²) in [6.07, 6.45) is 7.21. The van der Waals surface area contributed by atoms with Crippen LogP contribution in [-0.2, 0) is 0 Å². The molecule has 0 spiro atoms. The Morgan fingerprint density at radius 2 is 2.23 bits per heavy atom. The maximum Gasteiger partial charge on any atom is 0.116 e. The van der Waals surface area contributed by atoms with E-state index < -0.39 is 0 Å². The quantitative estimate of drug-likeness (QED) is 0.340. The van der Waals surface area contributed by atoms with Crippen molar-refractivity contribution in [3.8, 4) is 0 Å². The molecule has 4 heteroatoms. The van der Waals surface area contributed by atoms with Crippen LogP contribution in [0, 0.1) is 0 Å². The lowest BCUT2D eigenvalue weighted by molar-refractivity contribution is 0.788. The molecule has 2 nitrogen and oxygen atoms in total. The second-order valence-electron chi connectivity index (χ2n) is 2.65. The summed E-state index contributed by atoms with van der Waals surface area (Å²) in [6.45, 7) is 0. The molecule has 0 bridgehead atoms. The van der Waals surface area contributed by atoms with Crippen LogP contribution in [0.15, 0.2) is 23.6 Å². The van der Waals surface area contributed by atoms with E-state index in [1.165, 1.54) is 19.3 Å². The molecule has 0 N–H and O–H groups in total. The van der Waals surface area contributed by atoms with Gasteiger partial charge in [-0.3, -0.25) is 0 Å². The largest absolute Gasteiger partial charge is 0.245 e. The number of rotatable bonds is 6. The minimum absolute atomic E-state index is 1.08. The van der Waals surface area contributed by atoms with Gasteiger partial charge in [-0.25, -0.2) is 9.97 Å². The van der Waals surface area contributed by atoms with E-state index in [9.17, 15) is 0 Å². The fourth-order valence-corrected chi connectivity index (χ4v) is 2.15. The van der Waals surface area contributed by atoms with Crippen molar-refractivity contribution in [2.75, 3.05) is 11.1 Å². The SMILES string of the molecule is BrCCCCCSc1ccncn1. The molecule has 0 fully saturated rings. The molecular weight excluding hydrogens is 248 g/mol. The van der Waals surface area contributed by atoms with Crippen molar-refractivity contribution < 1.29 is 0 Å². The molecule has 0 saturated heterocycles. The number of thioether (sulfide) groups is 1. The zero-order valence-corrected chi connectivity index (χ0v) is 9.85. The lowest BCUT2D eigenvalue weighted by atomic mass is 10.3. The highest BCUT2D eigenvalue weighted by Crippen LogP contribution is 2.15. The molecule has 0 amide bonds. The first kappa shape index (κ1) is 11.0. The highest BCUT2D eigenvalue weighted by atomic mass is 79.9. The van der Waals surface area contributed by atoms with Gasteiger partial charge in [-0.15, -0.1) is 11.8 Å². The van der Waals surface area contributed by atoms with Crippen LogP contribution in [0.3, 0.4) is 0 Å². The number of aromatic nitrogens is 2. The molecule has 0 atom stereocenters. The van der Waals surface area contributed by atoms with Gasteiger partial charge in [0, 0.05) is 11.5 Å². The average molecular weight is 261 g/mol. The predicted octanol–water partition coefficient (Wildman–Crippen LogP) is 3.13. The molecule has 0 aliphatic rings. The highest BCUT2D eigenvalue weighted by molar-refractivity contribution is 9.09. The van der Waals surface area contributed by atoms with E-state index in [1.807, 2.05) is 6.07 Å². The molecule has 1 rings (SSSR count). The topological polar surface area (TPSA) is 25.8 Å². The number of alkyl halides is 1. The standard InChI is InChI=1S/C9H13BrN2S/c10-5-2-1-3-7-13-9-4-6-11-8-12-9/h4,6,8H,1-3,5,7H2. The molecule has 1 aromatic rings. The van der Waals surface area contributed by atoms with Gasteiger partial charge in [-0.1, -0.05) is 22.4 Å². The van der Waals surface area contributed by atoms with Crippen LogP contribution < -0.4 is 0 Å². The predicted molar refractivity (Wildman–Crippen MR) is 60.4 cm³/mol. The summed E-state index contributed by atoms with van der Waals surface area (Å²) in [5.41, 5.74) is 0. The van der Waals surface area contributed by atoms with Crippen LogP contribution in [0.4, 0.5) is 0 Å². The molecule has 0 aromatic carbocycles. The molecule has 13 heavy (non-hydrogen) atoms. The van der Waals surface area contributed by atoms with Gasteiger partial charge < -0.3 is 0 Å². The first-order valence-electron chi connectivity index (χ1n) is 4.38. The zero-order chi connectivity index (χ0) is 9.36. The Labute approximate surface area is 91.7 Å². The lowest BCUT2D eigenvalue weighted by Crippen LogP contribution is -1.84. The number of nitrogens with zero attached hydrogens (tertiary/aromatic N) is 2. The van der Waals surface area contributed by atoms with Crippen molar-refractivity contribution in [2.45, 2.75) is 24.3 Å². The van der Waals surface area contributed by atoms with Crippen LogP contribution in [-0.4, -0.2) is 21.1 Å². The minimum Gasteiger partial charge on any atom is -0.245 e. The van der Waals surface area contributed by atoms with E-state index in [-0.39, 0.29) is 0 Å². The lowest BCUT2D eigenvalue weighted by Gasteiger charge is -1.98. The number of hydrogen-bond donors (Lipinski definition) is 0. The van der Waals surface area contributed by atoms with Crippen molar-refractivity contribution >= 4 is 27.7 Å². The summed E-state index contributed by atoms with van der Waals surface area (Å²) < 4.78 is 0. The maximum atomic E-state index is 4.14. The van der Waals surface area contributed by atoms with Crippen LogP contribution in [0.5, 0.6) is 0 Å². The highest BCUT2D eigenvalue weighted by Gasteiger charge is 1.93. The monoisotopic (exact) mass is 260 g/mol. The molecular formula is C9H13BrN2S. The maximum absolute atomic E-state index is 4.14. The van der Waals surface area contributed by atoms with Crippen LogP contribution in [0.25, 0.3) is 0 Å². The summed E-state index contributed by atoms with van der Waals surface area (Å²) in [5, 5.41) is 2.19. The van der Waals surface area contributed by atoms with Crippen LogP contribution in [0.1, 0.15) is 19.3 Å². The smallest absolute Gasteiger partial charge is 0.116 e. The summed E-state index contributed by atoms with van der Waals surface area (Å²) in [4.78, 5) is 8.01. The van der Waals surface area contributed by atoms with E-state index in [2.05, 4.69) is 25.9 Å². The molecule has 0 saturated carbocycles. The molecule has 0 aliphatic carbocycles. The molecule has 0 unspecified atom stereocenters. The van der Waals surface area contributed by atoms with Gasteiger partial charge in [0.15, 0.2) is 0 Å². The summed E-state index contributed by atoms with van der Waals surface area (Å²) in [5.74, 6) is 1.16. The van der Waals surface area contributed by atoms with Gasteiger partial charge in [-0.2, -0.15) is 0 Å². The first-order valence-corrected chi connectivity index (χ1v) is 6.49. The summed E-state index contributed by atoms with van der Waals surface area (Å²) in [7, 11) is 0. The van der Waals surface area contributed by atoms with Crippen molar-refractivity contribution in [1.82, 2.24) is 9.97 Å². The second kappa shape index (κ2) is 7.33. The van der Waals surface area contributed by atoms with E-state index >= 15 is 0 Å². The Balaban J connectivity index is 2.07. The van der Waals surface area contributed by atoms with Gasteiger partial charge in [0.25, 0.3) is 0 Å². The molecule has 1 heterocycles. The first-order chi connectivity index (χ1) is 6.43. The third kappa shape index (κ3) is 5.26. The van der Waals surface area contributed by atoms with Crippen LogP contribution in [0.2, 0.25) is 0 Å². The third-order valence-corrected chi connectivity index (χ3v) is 3.17. The molecule has 0 aliphatic heterocycles. The number of halogens is 1. The fraction of sp³-hybridized carbons (Fsp3) is 0.556. The summed E-state index contributed by atoms with van der Waals surface area (Å²) in [6, 6.07) is 1.95. The Morgan fingerprint density at radius 1 is 1.31 bits per heavy atom. The molecule has 0 radical (unpaired) electrons. The Kier molecular flexibility index (Phi) is 6.19. The minimum atomic E-state index is 1.08. The summed E-state index contributed by atoms with van der Waals surface area (Å²) >= 11 is 5.22.